The van der Waals surface area contributed by atoms with Gasteiger partial charge < -0.3 is 9.40 Å². The number of hydrogen-bond donors (Lipinski definition) is 0. The molecule has 0 heterocycles. The minimum atomic E-state index is -2.38. The summed E-state index contributed by atoms with van der Waals surface area (Å²) in [7, 11) is -2.38. The molecule has 0 radical (unpaired) electrons. The number of hydrogen-bond acceptors (Lipinski definition) is 6. The molecular formula is C22H38NO5P. The molecule has 1 rings (SSSR count). The van der Waals surface area contributed by atoms with Gasteiger partial charge in [-0.3, -0.25) is 9.59 Å². The molecule has 0 aromatic heterocycles. The van der Waals surface area contributed by atoms with E-state index in [1.807, 2.05) is 65.0 Å². The van der Waals surface area contributed by atoms with Gasteiger partial charge in [0.2, 0.25) is 0 Å². The van der Waals surface area contributed by atoms with E-state index in [0.29, 0.717) is 0 Å². The summed E-state index contributed by atoms with van der Waals surface area (Å²) in [6.07, 6.45) is 0. The normalized spacial score (nSPS) is 9.76. The molecule has 29 heavy (non-hydrogen) atoms. The fraction of sp³-hybridized carbons (Fsp3) is 0.545. The third-order valence-corrected chi connectivity index (χ3v) is 4.35. The molecule has 0 N–H and O–H groups in total. The van der Waals surface area contributed by atoms with Crippen LogP contribution in [0.2, 0.25) is 0 Å². The molecule has 0 aliphatic carbocycles. The summed E-state index contributed by atoms with van der Waals surface area (Å²) in [5.74, 6) is -0.186. The van der Waals surface area contributed by atoms with Gasteiger partial charge in [-0.15, -0.1) is 0 Å². The lowest BCUT2D eigenvalue weighted by atomic mass is 9.87. The molecule has 0 amide bonds. The summed E-state index contributed by atoms with van der Waals surface area (Å²) in [6, 6.07) is 9.40. The highest BCUT2D eigenvalue weighted by Gasteiger charge is 2.22. The zero-order chi connectivity index (χ0) is 23.8. The monoisotopic (exact) mass is 427 g/mol. The lowest BCUT2D eigenvalue weighted by Crippen LogP contribution is -2.19. The third kappa shape index (κ3) is 20.5. The molecule has 6 nitrogen and oxygen atoms in total. The van der Waals surface area contributed by atoms with Crippen molar-refractivity contribution in [1.82, 2.24) is 0 Å². The van der Waals surface area contributed by atoms with Crippen LogP contribution in [-0.4, -0.2) is 36.3 Å². The smallest absolute Gasteiger partial charge is 0.319 e. The number of ketones is 1. The molecule has 0 bridgehead atoms. The van der Waals surface area contributed by atoms with Gasteiger partial charge in [0.05, 0.1) is 5.71 Å². The second-order valence-electron chi connectivity index (χ2n) is 7.44. The SMILES string of the molecule is CC.CC(=O)ON=C(C)C.CC(=O)P(C)(C)=O.CC(C)(C)C(=O)c1ccccc1. The predicted molar refractivity (Wildman–Crippen MR) is 122 cm³/mol. The van der Waals surface area contributed by atoms with Crippen molar-refractivity contribution < 1.29 is 23.8 Å². The molecule has 0 aliphatic rings. The lowest BCUT2D eigenvalue weighted by Gasteiger charge is -2.16. The molecule has 0 fully saturated rings. The number of oxime groups is 1. The Morgan fingerprint density at radius 1 is 0.897 bits per heavy atom. The van der Waals surface area contributed by atoms with Crippen molar-refractivity contribution >= 4 is 30.1 Å². The summed E-state index contributed by atoms with van der Waals surface area (Å²) in [5.41, 5.74) is 1.05. The zero-order valence-electron chi connectivity index (χ0n) is 19.8. The fourth-order valence-electron chi connectivity index (χ4n) is 1.18. The van der Waals surface area contributed by atoms with E-state index in [0.717, 1.165) is 11.3 Å². The molecular weight excluding hydrogens is 389 g/mol. The Bertz CT molecular complexity index is 694. The number of benzene rings is 1. The van der Waals surface area contributed by atoms with E-state index in [2.05, 4.69) is 9.99 Å². The van der Waals surface area contributed by atoms with E-state index in [1.165, 1.54) is 27.2 Å². The number of carbonyl (C=O) groups is 3. The molecule has 166 valence electrons. The highest BCUT2D eigenvalue weighted by Crippen LogP contribution is 2.35. The van der Waals surface area contributed by atoms with Crippen LogP contribution in [0.15, 0.2) is 35.5 Å². The number of nitrogens with zero attached hydrogens (tertiary/aromatic N) is 1. The Balaban J connectivity index is -0.000000351. The van der Waals surface area contributed by atoms with Crippen LogP contribution in [0.1, 0.15) is 72.7 Å². The van der Waals surface area contributed by atoms with Crippen LogP contribution in [0.25, 0.3) is 0 Å². The minimum Gasteiger partial charge on any atom is -0.319 e. The maximum atomic E-state index is 11.7. The van der Waals surface area contributed by atoms with Gasteiger partial charge in [-0.25, -0.2) is 4.79 Å². The summed E-state index contributed by atoms with van der Waals surface area (Å²) in [5, 5.41) is 3.39. The van der Waals surface area contributed by atoms with Crippen LogP contribution in [-0.2, 0) is 19.0 Å². The Morgan fingerprint density at radius 2 is 1.28 bits per heavy atom. The van der Waals surface area contributed by atoms with Gasteiger partial charge in [-0.05, 0) is 27.2 Å². The first-order chi connectivity index (χ1) is 13.1. The summed E-state index contributed by atoms with van der Waals surface area (Å²) >= 11 is 0. The third-order valence-electron chi connectivity index (χ3n) is 2.83. The van der Waals surface area contributed by atoms with E-state index >= 15 is 0 Å². The van der Waals surface area contributed by atoms with E-state index in [4.69, 9.17) is 0 Å². The van der Waals surface area contributed by atoms with Crippen molar-refractivity contribution in [3.63, 3.8) is 0 Å². The molecule has 0 saturated heterocycles. The second kappa shape index (κ2) is 15.8. The first kappa shape index (κ1) is 31.6. The van der Waals surface area contributed by atoms with Crippen LogP contribution in [0.4, 0.5) is 0 Å². The van der Waals surface area contributed by atoms with Crippen LogP contribution in [0.5, 0.6) is 0 Å². The van der Waals surface area contributed by atoms with Gasteiger partial charge in [-0.2, -0.15) is 0 Å². The van der Waals surface area contributed by atoms with Gasteiger partial charge >= 0.3 is 5.97 Å². The van der Waals surface area contributed by atoms with Crippen LogP contribution in [0.3, 0.4) is 0 Å². The summed E-state index contributed by atoms with van der Waals surface area (Å²) < 4.78 is 10.6. The van der Waals surface area contributed by atoms with Gasteiger partial charge in [0.1, 0.15) is 7.14 Å². The van der Waals surface area contributed by atoms with Gasteiger partial charge in [-0.1, -0.05) is 70.1 Å². The van der Waals surface area contributed by atoms with Gasteiger partial charge in [0, 0.05) is 24.8 Å². The minimum absolute atomic E-state index is 0.197. The molecule has 0 unspecified atom stereocenters. The van der Waals surface area contributed by atoms with Crippen molar-refractivity contribution in [2.45, 2.75) is 62.3 Å². The summed E-state index contributed by atoms with van der Waals surface area (Å²) in [6.45, 7) is 18.9. The maximum absolute atomic E-state index is 11.7. The van der Waals surface area contributed by atoms with E-state index in [9.17, 15) is 18.9 Å². The number of rotatable bonds is 3. The maximum Gasteiger partial charge on any atom is 0.331 e. The standard InChI is InChI=1S/C11H14O.C5H9NO2.C4H9O2P.C2H6/c1-11(2,3)10(12)9-7-5-4-6-8-9;1-4(2)6-8-5(3)7;1-4(5)7(2,3)6;1-2/h4-8H,1-3H3;1-3H3;1-3H3;1-2H3. The average molecular weight is 428 g/mol. The Kier molecular flexibility index (Phi) is 17.2. The highest BCUT2D eigenvalue weighted by molar-refractivity contribution is 7.78. The average Bonchev–Trinajstić information content (AvgIpc) is 2.61. The molecule has 0 saturated carbocycles. The van der Waals surface area contributed by atoms with Crippen molar-refractivity contribution in [3.05, 3.63) is 35.9 Å². The highest BCUT2D eigenvalue weighted by atomic mass is 31.2. The quantitative estimate of drug-likeness (QED) is 0.193. The van der Waals surface area contributed by atoms with Crippen LogP contribution in [0, 0.1) is 5.41 Å². The number of carbonyl (C=O) groups excluding carboxylic acids is 3. The predicted octanol–water partition coefficient (Wildman–Crippen LogP) is 6.04. The Labute approximate surface area is 176 Å². The number of Topliss-reactive ketones (excluding diaryl/α,β-unsaturated/α-hetero) is 1. The Morgan fingerprint density at radius 3 is 1.48 bits per heavy atom. The second-order valence-corrected chi connectivity index (χ2v) is 10.8. The largest absolute Gasteiger partial charge is 0.331 e. The van der Waals surface area contributed by atoms with Crippen molar-refractivity contribution in [1.29, 1.82) is 0 Å². The lowest BCUT2D eigenvalue weighted by molar-refractivity contribution is -0.140. The molecule has 0 aliphatic heterocycles. The molecule has 1 aromatic carbocycles. The van der Waals surface area contributed by atoms with Crippen molar-refractivity contribution in [3.8, 4) is 0 Å². The van der Waals surface area contributed by atoms with Crippen molar-refractivity contribution in [2.75, 3.05) is 13.3 Å². The summed E-state index contributed by atoms with van der Waals surface area (Å²) in [4.78, 5) is 36.1. The molecule has 0 spiro atoms. The van der Waals surface area contributed by atoms with Gasteiger partial charge in [0.25, 0.3) is 0 Å². The molecule has 7 heteroatoms. The first-order valence-corrected chi connectivity index (χ1v) is 12.0. The van der Waals surface area contributed by atoms with Gasteiger partial charge in [0.15, 0.2) is 11.3 Å². The first-order valence-electron chi connectivity index (χ1n) is 9.43. The van der Waals surface area contributed by atoms with Crippen LogP contribution < -0.4 is 0 Å². The molecule has 0 atom stereocenters. The van der Waals surface area contributed by atoms with E-state index < -0.39 is 7.14 Å². The zero-order valence-corrected chi connectivity index (χ0v) is 20.7. The van der Waals surface area contributed by atoms with Crippen molar-refractivity contribution in [2.24, 2.45) is 10.6 Å². The fourth-order valence-corrected chi connectivity index (χ4v) is 1.18. The van der Waals surface area contributed by atoms with E-state index in [-0.39, 0.29) is 22.7 Å². The topological polar surface area (TPSA) is 89.9 Å². The van der Waals surface area contributed by atoms with Crippen LogP contribution >= 0.6 is 7.14 Å². The Hall–Kier alpha value is -2.07. The molecule has 1 aromatic rings. The van der Waals surface area contributed by atoms with E-state index in [1.54, 1.807) is 13.8 Å².